The number of aliphatic hydroxyl groups is 1. The van der Waals surface area contributed by atoms with Gasteiger partial charge in [0.1, 0.15) is 24.4 Å². The first-order valence-corrected chi connectivity index (χ1v) is 9.10. The topological polar surface area (TPSA) is 66.4 Å². The third-order valence-electron chi connectivity index (χ3n) is 4.91. The van der Waals surface area contributed by atoms with Crippen molar-refractivity contribution >= 4 is 0 Å². The van der Waals surface area contributed by atoms with Crippen molar-refractivity contribution in [2.24, 2.45) is 0 Å². The summed E-state index contributed by atoms with van der Waals surface area (Å²) in [6.07, 6.45) is -3.75. The highest BCUT2D eigenvalue weighted by Crippen LogP contribution is 2.35. The van der Waals surface area contributed by atoms with Crippen LogP contribution in [0.4, 0.5) is 0 Å². The summed E-state index contributed by atoms with van der Waals surface area (Å²) in [6.45, 7) is 0.673. The molecule has 0 radical (unpaired) electrons. The molecule has 2 aromatic carbocycles. The lowest BCUT2D eigenvalue weighted by atomic mass is 9.97. The van der Waals surface area contributed by atoms with Crippen molar-refractivity contribution in [2.75, 3.05) is 13.7 Å². The number of ether oxygens (including phenoxy) is 5. The molecule has 0 bridgehead atoms. The molecule has 0 spiro atoms. The third-order valence-corrected chi connectivity index (χ3v) is 4.91. The largest absolute Gasteiger partial charge is 0.387 e. The predicted octanol–water partition coefficient (Wildman–Crippen LogP) is 2.42. The molecule has 6 heteroatoms. The Kier molecular flexibility index (Phi) is 5.83. The summed E-state index contributed by atoms with van der Waals surface area (Å²) >= 11 is 0. The molecule has 2 saturated heterocycles. The summed E-state index contributed by atoms with van der Waals surface area (Å²) in [6, 6.07) is 19.4. The fraction of sp³-hybridized carbons (Fsp3) is 0.429. The molecule has 27 heavy (non-hydrogen) atoms. The molecule has 0 saturated carbocycles. The van der Waals surface area contributed by atoms with Gasteiger partial charge in [0.2, 0.25) is 0 Å². The minimum atomic E-state index is -0.885. The van der Waals surface area contributed by atoms with Crippen LogP contribution < -0.4 is 0 Å². The fourth-order valence-corrected chi connectivity index (χ4v) is 3.48. The highest BCUT2D eigenvalue weighted by molar-refractivity contribution is 5.17. The van der Waals surface area contributed by atoms with Gasteiger partial charge >= 0.3 is 0 Å². The van der Waals surface area contributed by atoms with Crippen molar-refractivity contribution in [3.63, 3.8) is 0 Å². The van der Waals surface area contributed by atoms with Crippen molar-refractivity contribution in [3.8, 4) is 0 Å². The van der Waals surface area contributed by atoms with Gasteiger partial charge in [0.05, 0.1) is 13.2 Å². The second-order valence-corrected chi connectivity index (χ2v) is 6.71. The van der Waals surface area contributed by atoms with Crippen molar-refractivity contribution < 1.29 is 28.8 Å². The minimum absolute atomic E-state index is 0.308. The Labute approximate surface area is 158 Å². The number of rotatable bonds is 5. The molecular formula is C21H24O6. The molecule has 0 aliphatic carbocycles. The zero-order chi connectivity index (χ0) is 18.6. The maximum Gasteiger partial charge on any atom is 0.187 e. The highest BCUT2D eigenvalue weighted by atomic mass is 16.8. The van der Waals surface area contributed by atoms with E-state index >= 15 is 0 Å². The number of aliphatic hydroxyl groups excluding tert-OH is 1. The van der Waals surface area contributed by atoms with Crippen LogP contribution in [0.5, 0.6) is 0 Å². The molecule has 0 amide bonds. The monoisotopic (exact) mass is 372 g/mol. The number of hydrogen-bond donors (Lipinski definition) is 1. The molecular weight excluding hydrogens is 348 g/mol. The summed E-state index contributed by atoms with van der Waals surface area (Å²) < 4.78 is 29.2. The number of fused-ring (bicyclic) bond motifs is 1. The van der Waals surface area contributed by atoms with Crippen LogP contribution in [0.3, 0.4) is 0 Å². The lowest BCUT2D eigenvalue weighted by Gasteiger charge is -2.47. The fourth-order valence-electron chi connectivity index (χ4n) is 3.48. The summed E-state index contributed by atoms with van der Waals surface area (Å²) in [5.41, 5.74) is 1.92. The molecule has 2 aliphatic heterocycles. The Hall–Kier alpha value is -1.80. The van der Waals surface area contributed by atoms with Crippen molar-refractivity contribution in [1.82, 2.24) is 0 Å². The first kappa shape index (κ1) is 18.6. The van der Waals surface area contributed by atoms with Gasteiger partial charge in [-0.15, -0.1) is 0 Å². The molecule has 2 aliphatic rings. The second kappa shape index (κ2) is 8.48. The normalized spacial score (nSPS) is 33.4. The second-order valence-electron chi connectivity index (χ2n) is 6.71. The summed E-state index contributed by atoms with van der Waals surface area (Å²) in [4.78, 5) is 0. The average molecular weight is 372 g/mol. The van der Waals surface area contributed by atoms with E-state index in [9.17, 15) is 5.11 Å². The van der Waals surface area contributed by atoms with Crippen LogP contribution in [0, 0.1) is 0 Å². The number of methoxy groups -OCH3 is 1. The maximum atomic E-state index is 10.8. The molecule has 6 atom stereocenters. The molecule has 1 N–H and O–H groups in total. The van der Waals surface area contributed by atoms with Crippen LogP contribution >= 0.6 is 0 Å². The summed E-state index contributed by atoms with van der Waals surface area (Å²) in [5, 5.41) is 10.8. The van der Waals surface area contributed by atoms with Gasteiger partial charge in [0, 0.05) is 12.7 Å². The zero-order valence-corrected chi connectivity index (χ0v) is 15.1. The van der Waals surface area contributed by atoms with Crippen LogP contribution in [0.15, 0.2) is 60.7 Å². The van der Waals surface area contributed by atoms with Crippen LogP contribution in [0.1, 0.15) is 17.4 Å². The van der Waals surface area contributed by atoms with Crippen LogP contribution in [-0.4, -0.2) is 49.5 Å². The summed E-state index contributed by atoms with van der Waals surface area (Å²) in [7, 11) is 1.53. The molecule has 2 aromatic rings. The standard InChI is InChI=1S/C21H24O6/c1-23-19-17(22)18-16(13-25-20(27-18)15-10-6-3-7-11-15)26-21(19)24-12-14-8-4-2-5-9-14/h2-11,16-22H,12-13H2,1H3/t16?,17-,18?,19+,20-,21+/m0/s1. The van der Waals surface area contributed by atoms with Crippen molar-refractivity contribution in [2.45, 2.75) is 43.6 Å². The van der Waals surface area contributed by atoms with E-state index in [0.29, 0.717) is 13.2 Å². The zero-order valence-electron chi connectivity index (χ0n) is 15.1. The summed E-state index contributed by atoms with van der Waals surface area (Å²) in [5.74, 6) is 0. The first-order chi connectivity index (χ1) is 13.3. The lowest BCUT2D eigenvalue weighted by molar-refractivity contribution is -0.365. The predicted molar refractivity (Wildman–Crippen MR) is 96.7 cm³/mol. The van der Waals surface area contributed by atoms with E-state index < -0.39 is 37.0 Å². The van der Waals surface area contributed by atoms with Crippen LogP contribution in [-0.2, 0) is 30.3 Å². The third kappa shape index (κ3) is 4.06. The van der Waals surface area contributed by atoms with E-state index in [2.05, 4.69) is 0 Å². The van der Waals surface area contributed by atoms with E-state index in [1.807, 2.05) is 60.7 Å². The Morgan fingerprint density at radius 1 is 1.00 bits per heavy atom. The first-order valence-electron chi connectivity index (χ1n) is 9.10. The smallest absolute Gasteiger partial charge is 0.187 e. The van der Waals surface area contributed by atoms with E-state index in [0.717, 1.165) is 11.1 Å². The van der Waals surface area contributed by atoms with Gasteiger partial charge < -0.3 is 28.8 Å². The Balaban J connectivity index is 1.43. The van der Waals surface area contributed by atoms with E-state index in [1.54, 1.807) is 0 Å². The van der Waals surface area contributed by atoms with Crippen molar-refractivity contribution in [1.29, 1.82) is 0 Å². The van der Waals surface area contributed by atoms with Gasteiger partial charge in [-0.05, 0) is 5.56 Å². The van der Waals surface area contributed by atoms with Crippen molar-refractivity contribution in [3.05, 3.63) is 71.8 Å². The van der Waals surface area contributed by atoms with Crippen LogP contribution in [0.25, 0.3) is 0 Å². The Bertz CT molecular complexity index is 709. The highest BCUT2D eigenvalue weighted by Gasteiger charge is 2.50. The molecule has 4 rings (SSSR count). The van der Waals surface area contributed by atoms with E-state index in [-0.39, 0.29) is 0 Å². The van der Waals surface area contributed by atoms with E-state index in [4.69, 9.17) is 23.7 Å². The SMILES string of the molecule is CO[C@H]1[C@H](OCc2ccccc2)OC2CO[C@H](c3ccccc3)OC2[C@@H]1O. The molecule has 2 unspecified atom stereocenters. The Morgan fingerprint density at radius 2 is 1.70 bits per heavy atom. The van der Waals surface area contributed by atoms with Gasteiger partial charge in [-0.1, -0.05) is 60.7 Å². The Morgan fingerprint density at radius 3 is 2.41 bits per heavy atom. The number of hydrogen-bond acceptors (Lipinski definition) is 6. The molecule has 144 valence electrons. The van der Waals surface area contributed by atoms with Gasteiger partial charge in [0.25, 0.3) is 0 Å². The van der Waals surface area contributed by atoms with E-state index in [1.165, 1.54) is 7.11 Å². The van der Waals surface area contributed by atoms with Gasteiger partial charge in [-0.2, -0.15) is 0 Å². The van der Waals surface area contributed by atoms with Gasteiger partial charge in [-0.25, -0.2) is 0 Å². The average Bonchev–Trinajstić information content (AvgIpc) is 2.73. The molecule has 2 heterocycles. The van der Waals surface area contributed by atoms with Gasteiger partial charge in [-0.3, -0.25) is 0 Å². The van der Waals surface area contributed by atoms with Gasteiger partial charge in [0.15, 0.2) is 12.6 Å². The number of benzene rings is 2. The molecule has 0 aromatic heterocycles. The molecule has 2 fully saturated rings. The maximum absolute atomic E-state index is 10.8. The lowest BCUT2D eigenvalue weighted by Crippen LogP contribution is -2.62. The minimum Gasteiger partial charge on any atom is -0.387 e. The quantitative estimate of drug-likeness (QED) is 0.870. The van der Waals surface area contributed by atoms with Crippen LogP contribution in [0.2, 0.25) is 0 Å². The molecule has 6 nitrogen and oxygen atoms in total.